The van der Waals surface area contributed by atoms with Gasteiger partial charge in [0.25, 0.3) is 0 Å². The van der Waals surface area contributed by atoms with Gasteiger partial charge in [-0.1, -0.05) is 11.6 Å². The first-order chi connectivity index (χ1) is 7.00. The standard InChI is InChI=1S/C11H11ClO3/c1-5-3-8-9(12)4-7(6(2)13)10(14)11(8)15-5/h4-5,14H,3H2,1-2H3. The summed E-state index contributed by atoms with van der Waals surface area (Å²) in [6.07, 6.45) is 0.658. The van der Waals surface area contributed by atoms with Crippen LogP contribution in [-0.4, -0.2) is 17.0 Å². The molecule has 1 unspecified atom stereocenters. The number of fused-ring (bicyclic) bond motifs is 1. The molecule has 2 rings (SSSR count). The zero-order valence-corrected chi connectivity index (χ0v) is 9.26. The van der Waals surface area contributed by atoms with Crippen LogP contribution in [0.2, 0.25) is 5.02 Å². The lowest BCUT2D eigenvalue weighted by Gasteiger charge is -2.08. The van der Waals surface area contributed by atoms with Gasteiger partial charge in [-0.2, -0.15) is 0 Å². The molecule has 1 aliphatic heterocycles. The first-order valence-corrected chi connectivity index (χ1v) is 5.10. The van der Waals surface area contributed by atoms with Gasteiger partial charge in [-0.25, -0.2) is 0 Å². The Kier molecular flexibility index (Phi) is 2.35. The molecular weight excluding hydrogens is 216 g/mol. The minimum Gasteiger partial charge on any atom is -0.504 e. The first-order valence-electron chi connectivity index (χ1n) is 4.72. The number of benzene rings is 1. The Morgan fingerprint density at radius 3 is 2.93 bits per heavy atom. The maximum atomic E-state index is 11.2. The summed E-state index contributed by atoms with van der Waals surface area (Å²) in [5.41, 5.74) is 1.000. The fourth-order valence-corrected chi connectivity index (χ4v) is 2.04. The van der Waals surface area contributed by atoms with Crippen LogP contribution in [0.3, 0.4) is 0 Å². The number of hydrogen-bond acceptors (Lipinski definition) is 3. The molecule has 0 radical (unpaired) electrons. The van der Waals surface area contributed by atoms with E-state index in [0.29, 0.717) is 17.2 Å². The van der Waals surface area contributed by atoms with Crippen molar-refractivity contribution in [3.05, 3.63) is 22.2 Å². The Balaban J connectivity index is 2.63. The van der Waals surface area contributed by atoms with Crippen LogP contribution in [0.5, 0.6) is 11.5 Å². The number of halogens is 1. The largest absolute Gasteiger partial charge is 0.504 e. The van der Waals surface area contributed by atoms with Gasteiger partial charge in [0.15, 0.2) is 17.3 Å². The number of hydrogen-bond donors (Lipinski definition) is 1. The number of carbonyl (C=O) groups excluding carboxylic acids is 1. The van der Waals surface area contributed by atoms with E-state index in [9.17, 15) is 9.90 Å². The second-order valence-electron chi connectivity index (χ2n) is 3.75. The molecule has 1 N–H and O–H groups in total. The van der Waals surface area contributed by atoms with Gasteiger partial charge in [-0.05, 0) is 19.9 Å². The van der Waals surface area contributed by atoms with E-state index in [1.54, 1.807) is 0 Å². The van der Waals surface area contributed by atoms with Crippen molar-refractivity contribution < 1.29 is 14.6 Å². The number of Topliss-reactive ketones (excluding diaryl/α,β-unsaturated/α-hetero) is 1. The van der Waals surface area contributed by atoms with Crippen molar-refractivity contribution in [3.63, 3.8) is 0 Å². The van der Waals surface area contributed by atoms with Crippen LogP contribution in [0.4, 0.5) is 0 Å². The number of carbonyl (C=O) groups is 1. The minimum absolute atomic E-state index is 0.00870. The molecule has 0 saturated heterocycles. The van der Waals surface area contributed by atoms with E-state index in [4.69, 9.17) is 16.3 Å². The van der Waals surface area contributed by atoms with E-state index in [1.165, 1.54) is 13.0 Å². The van der Waals surface area contributed by atoms with E-state index < -0.39 is 0 Å². The summed E-state index contributed by atoms with van der Waals surface area (Å²) in [6.45, 7) is 3.28. The summed E-state index contributed by atoms with van der Waals surface area (Å²) < 4.78 is 5.42. The Bertz CT molecular complexity index is 440. The average molecular weight is 227 g/mol. The number of aromatic hydroxyl groups is 1. The minimum atomic E-state index is -0.222. The predicted molar refractivity (Wildman–Crippen MR) is 56.9 cm³/mol. The molecular formula is C11H11ClO3. The van der Waals surface area contributed by atoms with Crippen LogP contribution in [0.25, 0.3) is 0 Å². The van der Waals surface area contributed by atoms with E-state index in [0.717, 1.165) is 5.56 Å². The van der Waals surface area contributed by atoms with Crippen LogP contribution in [0.1, 0.15) is 29.8 Å². The summed E-state index contributed by atoms with van der Waals surface area (Å²) >= 11 is 6.01. The van der Waals surface area contributed by atoms with Crippen molar-refractivity contribution in [2.75, 3.05) is 0 Å². The van der Waals surface area contributed by atoms with E-state index in [1.807, 2.05) is 6.92 Å². The van der Waals surface area contributed by atoms with Gasteiger partial charge >= 0.3 is 0 Å². The smallest absolute Gasteiger partial charge is 0.169 e. The lowest BCUT2D eigenvalue weighted by Crippen LogP contribution is -2.05. The molecule has 3 nitrogen and oxygen atoms in total. The highest BCUT2D eigenvalue weighted by Gasteiger charge is 2.28. The predicted octanol–water partition coefficient (Wildman–Crippen LogP) is 2.57. The van der Waals surface area contributed by atoms with Gasteiger partial charge in [0.2, 0.25) is 0 Å². The third-order valence-electron chi connectivity index (χ3n) is 2.49. The zero-order chi connectivity index (χ0) is 11.2. The van der Waals surface area contributed by atoms with Gasteiger partial charge in [0.05, 0.1) is 5.56 Å². The topological polar surface area (TPSA) is 46.5 Å². The van der Waals surface area contributed by atoms with Crippen molar-refractivity contribution in [1.29, 1.82) is 0 Å². The van der Waals surface area contributed by atoms with Crippen LogP contribution in [0.15, 0.2) is 6.07 Å². The third kappa shape index (κ3) is 1.57. The molecule has 0 aromatic heterocycles. The molecule has 15 heavy (non-hydrogen) atoms. The summed E-state index contributed by atoms with van der Waals surface area (Å²) in [6, 6.07) is 1.50. The second-order valence-corrected chi connectivity index (χ2v) is 4.16. The summed E-state index contributed by atoms with van der Waals surface area (Å²) in [5.74, 6) is 0.0480. The lowest BCUT2D eigenvalue weighted by atomic mass is 10.0. The molecule has 0 saturated carbocycles. The van der Waals surface area contributed by atoms with Crippen molar-refractivity contribution in [2.45, 2.75) is 26.4 Å². The Hall–Kier alpha value is -1.22. The lowest BCUT2D eigenvalue weighted by molar-refractivity contribution is 0.101. The van der Waals surface area contributed by atoms with E-state index in [-0.39, 0.29) is 23.2 Å². The highest BCUT2D eigenvalue weighted by molar-refractivity contribution is 6.32. The molecule has 80 valence electrons. The van der Waals surface area contributed by atoms with Crippen LogP contribution in [-0.2, 0) is 6.42 Å². The molecule has 0 aliphatic carbocycles. The Morgan fingerprint density at radius 2 is 2.33 bits per heavy atom. The molecule has 1 atom stereocenters. The number of ether oxygens (including phenoxy) is 1. The maximum absolute atomic E-state index is 11.2. The first kappa shape index (κ1) is 10.3. The number of ketones is 1. The number of phenolic OH excluding ortho intramolecular Hbond substituents is 1. The normalized spacial score (nSPS) is 18.5. The van der Waals surface area contributed by atoms with E-state index in [2.05, 4.69) is 0 Å². The van der Waals surface area contributed by atoms with Crippen LogP contribution >= 0.6 is 11.6 Å². The molecule has 1 aromatic rings. The monoisotopic (exact) mass is 226 g/mol. The van der Waals surface area contributed by atoms with Crippen molar-refractivity contribution >= 4 is 17.4 Å². The van der Waals surface area contributed by atoms with Crippen molar-refractivity contribution in [1.82, 2.24) is 0 Å². The average Bonchev–Trinajstić information content (AvgIpc) is 2.53. The van der Waals surface area contributed by atoms with Gasteiger partial charge < -0.3 is 9.84 Å². The Labute approximate surface area is 92.6 Å². The van der Waals surface area contributed by atoms with E-state index >= 15 is 0 Å². The molecule has 0 spiro atoms. The van der Waals surface area contributed by atoms with Crippen molar-refractivity contribution in [3.8, 4) is 11.5 Å². The van der Waals surface area contributed by atoms with Crippen molar-refractivity contribution in [2.24, 2.45) is 0 Å². The molecule has 0 fully saturated rings. The van der Waals surface area contributed by atoms with Gasteiger partial charge in [0.1, 0.15) is 6.10 Å². The maximum Gasteiger partial charge on any atom is 0.169 e. The molecule has 4 heteroatoms. The fourth-order valence-electron chi connectivity index (χ4n) is 1.77. The molecule has 1 aromatic carbocycles. The van der Waals surface area contributed by atoms with Crippen LogP contribution in [0, 0.1) is 0 Å². The second kappa shape index (κ2) is 3.42. The highest BCUT2D eigenvalue weighted by atomic mass is 35.5. The highest BCUT2D eigenvalue weighted by Crippen LogP contribution is 2.43. The molecule has 1 aliphatic rings. The number of rotatable bonds is 1. The molecule has 0 bridgehead atoms. The SMILES string of the molecule is CC(=O)c1cc(Cl)c2c(c1O)OC(C)C2. The van der Waals surface area contributed by atoms with Gasteiger partial charge in [-0.3, -0.25) is 4.79 Å². The summed E-state index contributed by atoms with van der Waals surface area (Å²) in [4.78, 5) is 11.2. The summed E-state index contributed by atoms with van der Waals surface area (Å²) in [5, 5.41) is 10.3. The summed E-state index contributed by atoms with van der Waals surface area (Å²) in [7, 11) is 0. The van der Waals surface area contributed by atoms with Gasteiger partial charge in [0, 0.05) is 17.0 Å². The quantitative estimate of drug-likeness (QED) is 0.749. The van der Waals surface area contributed by atoms with Gasteiger partial charge in [-0.15, -0.1) is 0 Å². The Morgan fingerprint density at radius 1 is 1.67 bits per heavy atom. The fraction of sp³-hybridized carbons (Fsp3) is 0.364. The molecule has 1 heterocycles. The van der Waals surface area contributed by atoms with Crippen LogP contribution < -0.4 is 4.74 Å². The third-order valence-corrected chi connectivity index (χ3v) is 2.83. The molecule has 0 amide bonds. The number of phenols is 1. The zero-order valence-electron chi connectivity index (χ0n) is 8.50.